The van der Waals surface area contributed by atoms with Crippen LogP contribution in [0, 0.1) is 17.8 Å². The van der Waals surface area contributed by atoms with Crippen molar-refractivity contribution in [1.29, 1.82) is 0 Å². The molecular weight excluding hydrogens is 312 g/mol. The summed E-state index contributed by atoms with van der Waals surface area (Å²) in [6, 6.07) is 0.259. The number of carbonyl (C=O) groups is 2. The van der Waals surface area contributed by atoms with E-state index in [1.54, 1.807) is 0 Å². The molecule has 4 atom stereocenters. The molecule has 0 unspecified atom stereocenters. The van der Waals surface area contributed by atoms with Gasteiger partial charge in [-0.3, -0.25) is 9.59 Å². The molecule has 0 N–H and O–H groups in total. The van der Waals surface area contributed by atoms with E-state index in [2.05, 4.69) is 34.1 Å². The minimum absolute atomic E-state index is 0.164. The average Bonchev–Trinajstić information content (AvgIpc) is 3.12. The Kier molecular flexibility index (Phi) is 4.96. The second kappa shape index (κ2) is 7.35. The third-order valence-corrected chi connectivity index (χ3v) is 6.61. The van der Waals surface area contributed by atoms with Crippen molar-refractivity contribution in [2.24, 2.45) is 17.8 Å². The van der Waals surface area contributed by atoms with Gasteiger partial charge in [0.1, 0.15) is 0 Å². The minimum atomic E-state index is 0.164. The normalized spacial score (nSPS) is 34.9. The van der Waals surface area contributed by atoms with Gasteiger partial charge in [-0.2, -0.15) is 0 Å². The van der Waals surface area contributed by atoms with Crippen molar-refractivity contribution in [2.45, 2.75) is 57.4 Å². The van der Waals surface area contributed by atoms with E-state index in [9.17, 15) is 9.59 Å². The monoisotopic (exact) mass is 342 g/mol. The Bertz CT molecular complexity index is 582. The van der Waals surface area contributed by atoms with Crippen molar-refractivity contribution in [3.05, 3.63) is 24.3 Å². The van der Waals surface area contributed by atoms with Crippen LogP contribution < -0.4 is 0 Å². The molecule has 2 aliphatic heterocycles. The number of piperidine rings is 1. The van der Waals surface area contributed by atoms with Crippen LogP contribution in [0.15, 0.2) is 24.3 Å². The summed E-state index contributed by atoms with van der Waals surface area (Å²) < 4.78 is 0. The molecule has 4 aliphatic rings. The predicted molar refractivity (Wildman–Crippen MR) is 97.8 cm³/mol. The lowest BCUT2D eigenvalue weighted by Gasteiger charge is -2.39. The van der Waals surface area contributed by atoms with Gasteiger partial charge < -0.3 is 9.80 Å². The van der Waals surface area contributed by atoms with Gasteiger partial charge in [-0.1, -0.05) is 24.3 Å². The molecule has 0 radical (unpaired) electrons. The SMILES string of the molecule is O=C([C@H]1CC=CCC1)N1C[C@@H]2CCCN(C(=O)[C@H]3CC=CCC3)[C@@H]2C1. The van der Waals surface area contributed by atoms with Crippen LogP contribution in [0.2, 0.25) is 0 Å². The summed E-state index contributed by atoms with van der Waals surface area (Å²) in [7, 11) is 0. The summed E-state index contributed by atoms with van der Waals surface area (Å²) in [5.41, 5.74) is 0. The highest BCUT2D eigenvalue weighted by Gasteiger charge is 2.44. The fraction of sp³-hybridized carbons (Fsp3) is 0.714. The van der Waals surface area contributed by atoms with E-state index in [-0.39, 0.29) is 17.9 Å². The predicted octanol–water partition coefficient (Wildman–Crippen LogP) is 3.15. The number of hydrogen-bond donors (Lipinski definition) is 0. The first-order valence-corrected chi connectivity index (χ1v) is 10.1. The lowest BCUT2D eigenvalue weighted by molar-refractivity contribution is -0.141. The van der Waals surface area contributed by atoms with Gasteiger partial charge in [0.15, 0.2) is 0 Å². The van der Waals surface area contributed by atoms with E-state index >= 15 is 0 Å². The molecule has 0 aromatic heterocycles. The number of rotatable bonds is 2. The molecule has 0 aromatic carbocycles. The maximum atomic E-state index is 13.1. The topological polar surface area (TPSA) is 40.6 Å². The molecule has 2 heterocycles. The van der Waals surface area contributed by atoms with E-state index in [0.717, 1.165) is 71.0 Å². The summed E-state index contributed by atoms with van der Waals surface area (Å²) in [5.74, 6) is 1.48. The van der Waals surface area contributed by atoms with Crippen molar-refractivity contribution in [1.82, 2.24) is 9.80 Å². The van der Waals surface area contributed by atoms with Crippen LogP contribution in [0.5, 0.6) is 0 Å². The third kappa shape index (κ3) is 3.40. The summed E-state index contributed by atoms with van der Waals surface area (Å²) in [5, 5.41) is 0. The first-order chi connectivity index (χ1) is 12.2. The second-order valence-corrected chi connectivity index (χ2v) is 8.21. The van der Waals surface area contributed by atoms with Gasteiger partial charge in [0, 0.05) is 31.5 Å². The molecule has 0 saturated carbocycles. The quantitative estimate of drug-likeness (QED) is 0.723. The molecule has 4 nitrogen and oxygen atoms in total. The molecule has 0 spiro atoms. The van der Waals surface area contributed by atoms with Gasteiger partial charge in [0.2, 0.25) is 11.8 Å². The molecule has 2 amide bonds. The Hall–Kier alpha value is -1.58. The number of hydrogen-bond acceptors (Lipinski definition) is 2. The van der Waals surface area contributed by atoms with Crippen LogP contribution in [-0.2, 0) is 9.59 Å². The standard InChI is InChI=1S/C21H30N2O2/c24-20(16-8-3-1-4-9-16)22-14-18-12-7-13-23(19(18)15-22)21(25)17-10-5-2-6-11-17/h1-3,5,16-19H,4,6-15H2/t16-,17-,18-,19+/m0/s1. The molecular formula is C21H30N2O2. The zero-order valence-corrected chi connectivity index (χ0v) is 15.1. The fourth-order valence-electron chi connectivity index (χ4n) is 5.16. The Morgan fingerprint density at radius 1 is 0.800 bits per heavy atom. The highest BCUT2D eigenvalue weighted by molar-refractivity contribution is 5.81. The maximum Gasteiger partial charge on any atom is 0.226 e. The third-order valence-electron chi connectivity index (χ3n) is 6.61. The van der Waals surface area contributed by atoms with Crippen LogP contribution in [0.25, 0.3) is 0 Å². The molecule has 136 valence electrons. The van der Waals surface area contributed by atoms with E-state index < -0.39 is 0 Å². The first kappa shape index (κ1) is 16.9. The summed E-state index contributed by atoms with van der Waals surface area (Å²) in [6.07, 6.45) is 16.7. The fourth-order valence-corrected chi connectivity index (χ4v) is 5.16. The highest BCUT2D eigenvalue weighted by Crippen LogP contribution is 2.34. The van der Waals surface area contributed by atoms with E-state index in [1.165, 1.54) is 0 Å². The van der Waals surface area contributed by atoms with Crippen LogP contribution >= 0.6 is 0 Å². The number of carbonyl (C=O) groups excluding carboxylic acids is 2. The van der Waals surface area contributed by atoms with Crippen molar-refractivity contribution in [3.8, 4) is 0 Å². The van der Waals surface area contributed by atoms with Gasteiger partial charge in [-0.15, -0.1) is 0 Å². The van der Waals surface area contributed by atoms with Gasteiger partial charge in [-0.25, -0.2) is 0 Å². The van der Waals surface area contributed by atoms with Crippen molar-refractivity contribution >= 4 is 11.8 Å². The van der Waals surface area contributed by atoms with Crippen molar-refractivity contribution in [2.75, 3.05) is 19.6 Å². The molecule has 25 heavy (non-hydrogen) atoms. The molecule has 2 fully saturated rings. The van der Waals surface area contributed by atoms with Gasteiger partial charge in [-0.05, 0) is 57.3 Å². The van der Waals surface area contributed by atoms with E-state index in [1.807, 2.05) is 0 Å². The minimum Gasteiger partial charge on any atom is -0.340 e. The first-order valence-electron chi connectivity index (χ1n) is 10.1. The summed E-state index contributed by atoms with van der Waals surface area (Å²) >= 11 is 0. The molecule has 0 aromatic rings. The highest BCUT2D eigenvalue weighted by atomic mass is 16.2. The number of nitrogens with zero attached hydrogens (tertiary/aromatic N) is 2. The number of allylic oxidation sites excluding steroid dienone is 4. The van der Waals surface area contributed by atoms with Gasteiger partial charge in [0.25, 0.3) is 0 Å². The van der Waals surface area contributed by atoms with Gasteiger partial charge >= 0.3 is 0 Å². The molecule has 2 saturated heterocycles. The van der Waals surface area contributed by atoms with Gasteiger partial charge in [0.05, 0.1) is 6.04 Å². The molecule has 0 bridgehead atoms. The summed E-state index contributed by atoms with van der Waals surface area (Å²) in [4.78, 5) is 30.2. The molecule has 4 heteroatoms. The smallest absolute Gasteiger partial charge is 0.226 e. The van der Waals surface area contributed by atoms with Crippen molar-refractivity contribution < 1.29 is 9.59 Å². The molecule has 4 rings (SSSR count). The number of fused-ring (bicyclic) bond motifs is 1. The lowest BCUT2D eigenvalue weighted by Crippen LogP contribution is -2.50. The Morgan fingerprint density at radius 3 is 2.12 bits per heavy atom. The second-order valence-electron chi connectivity index (χ2n) is 8.21. The lowest BCUT2D eigenvalue weighted by atomic mass is 9.88. The Morgan fingerprint density at radius 2 is 1.48 bits per heavy atom. The van der Waals surface area contributed by atoms with E-state index in [4.69, 9.17) is 0 Å². The largest absolute Gasteiger partial charge is 0.340 e. The van der Waals surface area contributed by atoms with Crippen LogP contribution in [0.4, 0.5) is 0 Å². The number of amides is 2. The average molecular weight is 342 g/mol. The Balaban J connectivity index is 1.43. The number of likely N-dealkylation sites (tertiary alicyclic amines) is 2. The van der Waals surface area contributed by atoms with Crippen LogP contribution in [0.1, 0.15) is 51.4 Å². The van der Waals surface area contributed by atoms with E-state index in [0.29, 0.717) is 17.7 Å². The summed E-state index contributed by atoms with van der Waals surface area (Å²) in [6.45, 7) is 2.50. The Labute approximate surface area is 150 Å². The van der Waals surface area contributed by atoms with Crippen molar-refractivity contribution in [3.63, 3.8) is 0 Å². The zero-order valence-electron chi connectivity index (χ0n) is 15.1. The zero-order chi connectivity index (χ0) is 17.2. The molecule has 2 aliphatic carbocycles. The maximum absolute atomic E-state index is 13.1. The van der Waals surface area contributed by atoms with Crippen LogP contribution in [0.3, 0.4) is 0 Å². The van der Waals surface area contributed by atoms with Crippen LogP contribution in [-0.4, -0.2) is 47.3 Å².